The molecule has 0 bridgehead atoms. The molecule has 3 aromatic rings. The summed E-state index contributed by atoms with van der Waals surface area (Å²) in [5.41, 5.74) is 2.89. The Balaban J connectivity index is 1.32. The monoisotopic (exact) mass is 393 g/mol. The lowest BCUT2D eigenvalue weighted by molar-refractivity contribution is -0.122. The van der Waals surface area contributed by atoms with Crippen LogP contribution in [-0.2, 0) is 16.1 Å². The van der Waals surface area contributed by atoms with Crippen LogP contribution in [0.2, 0.25) is 0 Å². The van der Waals surface area contributed by atoms with Crippen molar-refractivity contribution >= 4 is 28.6 Å². The zero-order valence-electron chi connectivity index (χ0n) is 16.2. The number of para-hydroxylation sites is 2. The third-order valence-corrected chi connectivity index (χ3v) is 5.14. The summed E-state index contributed by atoms with van der Waals surface area (Å²) in [6, 6.07) is 14.4. The van der Waals surface area contributed by atoms with Gasteiger partial charge >= 0.3 is 5.76 Å². The van der Waals surface area contributed by atoms with Crippen molar-refractivity contribution in [3.05, 3.63) is 64.6 Å². The number of hydrogen-bond acceptors (Lipinski definition) is 4. The second-order valence-corrected chi connectivity index (χ2v) is 7.41. The van der Waals surface area contributed by atoms with Gasteiger partial charge < -0.3 is 15.1 Å². The van der Waals surface area contributed by atoms with Crippen LogP contribution < -0.4 is 16.4 Å². The number of rotatable bonds is 7. The minimum Gasteiger partial charge on any atom is -0.408 e. The van der Waals surface area contributed by atoms with Crippen LogP contribution in [-0.4, -0.2) is 16.4 Å². The number of fused-ring (bicyclic) bond motifs is 1. The molecular weight excluding hydrogens is 370 g/mol. The molecule has 2 amide bonds. The van der Waals surface area contributed by atoms with E-state index < -0.39 is 5.76 Å². The van der Waals surface area contributed by atoms with Crippen LogP contribution in [0.15, 0.2) is 57.7 Å². The molecule has 1 aliphatic rings. The first-order valence-corrected chi connectivity index (χ1v) is 9.80. The van der Waals surface area contributed by atoms with Crippen molar-refractivity contribution in [2.75, 3.05) is 5.32 Å². The molecule has 1 fully saturated rings. The lowest BCUT2D eigenvalue weighted by atomic mass is 10.1. The second-order valence-electron chi connectivity index (χ2n) is 7.41. The van der Waals surface area contributed by atoms with Crippen LogP contribution in [0.4, 0.5) is 5.69 Å². The average molecular weight is 393 g/mol. The number of nitrogens with zero attached hydrogens (tertiary/aromatic N) is 1. The quantitative estimate of drug-likeness (QED) is 0.645. The van der Waals surface area contributed by atoms with E-state index in [1.165, 1.54) is 4.57 Å². The summed E-state index contributed by atoms with van der Waals surface area (Å²) in [5.74, 6) is -0.384. The number of amides is 2. The van der Waals surface area contributed by atoms with Crippen LogP contribution >= 0.6 is 0 Å². The van der Waals surface area contributed by atoms with Crippen molar-refractivity contribution in [3.63, 3.8) is 0 Å². The molecule has 1 unspecified atom stereocenters. The maximum atomic E-state index is 12.3. The first kappa shape index (κ1) is 19.0. The highest BCUT2D eigenvalue weighted by Gasteiger charge is 2.29. The van der Waals surface area contributed by atoms with E-state index in [4.69, 9.17) is 4.42 Å². The summed E-state index contributed by atoms with van der Waals surface area (Å²) in [6.07, 6.45) is 2.10. The number of carbonyl (C=O) groups is 2. The highest BCUT2D eigenvalue weighted by molar-refractivity contribution is 5.94. The fraction of sp³-hybridized carbons (Fsp3) is 0.318. The highest BCUT2D eigenvalue weighted by atomic mass is 16.4. The SMILES string of the molecule is CC(NC(=O)CCn1c(=O)oc2ccccc21)c1ccc(NC(=O)C2CC2)cc1. The van der Waals surface area contributed by atoms with E-state index in [1.54, 1.807) is 18.2 Å². The largest absolute Gasteiger partial charge is 0.419 e. The summed E-state index contributed by atoms with van der Waals surface area (Å²) in [4.78, 5) is 36.1. The van der Waals surface area contributed by atoms with Gasteiger partial charge in [0, 0.05) is 24.6 Å². The molecule has 2 aromatic carbocycles. The molecule has 0 radical (unpaired) electrons. The summed E-state index contributed by atoms with van der Waals surface area (Å²) < 4.78 is 6.65. The van der Waals surface area contributed by atoms with Gasteiger partial charge in [0.15, 0.2) is 5.58 Å². The van der Waals surface area contributed by atoms with Crippen LogP contribution in [0.3, 0.4) is 0 Å². The smallest absolute Gasteiger partial charge is 0.408 e. The fourth-order valence-corrected chi connectivity index (χ4v) is 3.28. The summed E-state index contributed by atoms with van der Waals surface area (Å²) in [5, 5.41) is 5.84. The van der Waals surface area contributed by atoms with E-state index in [1.807, 2.05) is 37.3 Å². The van der Waals surface area contributed by atoms with Gasteiger partial charge in [-0.2, -0.15) is 0 Å². The van der Waals surface area contributed by atoms with Gasteiger partial charge in [-0.25, -0.2) is 4.79 Å². The fourth-order valence-electron chi connectivity index (χ4n) is 3.28. The third-order valence-electron chi connectivity index (χ3n) is 5.14. The Hall–Kier alpha value is -3.35. The normalized spacial score (nSPS) is 14.5. The van der Waals surface area contributed by atoms with Crippen LogP contribution in [0.5, 0.6) is 0 Å². The van der Waals surface area contributed by atoms with Gasteiger partial charge in [-0.1, -0.05) is 24.3 Å². The lowest BCUT2D eigenvalue weighted by Crippen LogP contribution is -2.28. The Morgan fingerprint density at radius 1 is 1.14 bits per heavy atom. The van der Waals surface area contributed by atoms with Gasteiger partial charge in [0.05, 0.1) is 11.6 Å². The van der Waals surface area contributed by atoms with Crippen molar-refractivity contribution in [2.24, 2.45) is 5.92 Å². The Labute approximate surface area is 167 Å². The Bertz CT molecular complexity index is 1090. The predicted molar refractivity (Wildman–Crippen MR) is 109 cm³/mol. The molecule has 1 saturated carbocycles. The number of aryl methyl sites for hydroxylation is 1. The Kier molecular flexibility index (Phi) is 5.20. The molecule has 150 valence electrons. The van der Waals surface area contributed by atoms with E-state index in [0.717, 1.165) is 24.1 Å². The molecular formula is C22H23N3O4. The van der Waals surface area contributed by atoms with Gasteiger partial charge in [0.25, 0.3) is 0 Å². The van der Waals surface area contributed by atoms with E-state index >= 15 is 0 Å². The number of carbonyl (C=O) groups excluding carboxylic acids is 2. The number of anilines is 1. The molecule has 2 N–H and O–H groups in total. The third kappa shape index (κ3) is 4.39. The van der Waals surface area contributed by atoms with Crippen LogP contribution in [0.25, 0.3) is 11.1 Å². The molecule has 1 aliphatic carbocycles. The van der Waals surface area contributed by atoms with E-state index in [-0.39, 0.29) is 36.7 Å². The van der Waals surface area contributed by atoms with Crippen LogP contribution in [0.1, 0.15) is 37.8 Å². The molecule has 1 atom stereocenters. The van der Waals surface area contributed by atoms with Gasteiger partial charge in [-0.05, 0) is 49.6 Å². The number of benzene rings is 2. The zero-order valence-corrected chi connectivity index (χ0v) is 16.2. The molecule has 4 rings (SSSR count). The topological polar surface area (TPSA) is 93.3 Å². The van der Waals surface area contributed by atoms with Gasteiger partial charge in [0.2, 0.25) is 11.8 Å². The number of aromatic nitrogens is 1. The first-order valence-electron chi connectivity index (χ1n) is 9.80. The molecule has 1 heterocycles. The van der Waals surface area contributed by atoms with E-state index in [0.29, 0.717) is 11.1 Å². The maximum absolute atomic E-state index is 12.3. The lowest BCUT2D eigenvalue weighted by Gasteiger charge is -2.15. The predicted octanol–water partition coefficient (Wildman–Crippen LogP) is 3.21. The molecule has 7 nitrogen and oxygen atoms in total. The molecule has 0 aliphatic heterocycles. The highest BCUT2D eigenvalue weighted by Crippen LogP contribution is 2.30. The van der Waals surface area contributed by atoms with E-state index in [9.17, 15) is 14.4 Å². The van der Waals surface area contributed by atoms with E-state index in [2.05, 4.69) is 10.6 Å². The summed E-state index contributed by atoms with van der Waals surface area (Å²) >= 11 is 0. The average Bonchev–Trinajstić information content (AvgIpc) is 3.50. The molecule has 7 heteroatoms. The standard InChI is InChI=1S/C22H23N3O4/c1-14(15-8-10-17(11-9-15)24-21(27)16-6-7-16)23-20(26)12-13-25-18-4-2-3-5-19(18)29-22(25)28/h2-5,8-11,14,16H,6-7,12-13H2,1H3,(H,23,26)(H,24,27). The first-order chi connectivity index (χ1) is 14.0. The Morgan fingerprint density at radius 3 is 2.59 bits per heavy atom. The minimum absolute atomic E-state index is 0.0705. The van der Waals surface area contributed by atoms with Gasteiger partial charge in [-0.3, -0.25) is 14.2 Å². The molecule has 29 heavy (non-hydrogen) atoms. The Morgan fingerprint density at radius 2 is 1.86 bits per heavy atom. The summed E-state index contributed by atoms with van der Waals surface area (Å²) in [6.45, 7) is 2.15. The second kappa shape index (κ2) is 7.95. The van der Waals surface area contributed by atoms with Crippen molar-refractivity contribution in [1.82, 2.24) is 9.88 Å². The maximum Gasteiger partial charge on any atom is 0.419 e. The molecule has 0 saturated heterocycles. The summed E-state index contributed by atoms with van der Waals surface area (Å²) in [7, 11) is 0. The van der Waals surface area contributed by atoms with Gasteiger partial charge in [-0.15, -0.1) is 0 Å². The molecule has 1 aromatic heterocycles. The zero-order chi connectivity index (χ0) is 20.4. The minimum atomic E-state index is -0.462. The number of nitrogens with one attached hydrogen (secondary N) is 2. The van der Waals surface area contributed by atoms with Gasteiger partial charge in [0.1, 0.15) is 0 Å². The van der Waals surface area contributed by atoms with Crippen molar-refractivity contribution in [2.45, 2.75) is 38.8 Å². The van der Waals surface area contributed by atoms with Crippen molar-refractivity contribution in [1.29, 1.82) is 0 Å². The van der Waals surface area contributed by atoms with Crippen molar-refractivity contribution < 1.29 is 14.0 Å². The van der Waals surface area contributed by atoms with Crippen LogP contribution in [0, 0.1) is 5.92 Å². The number of hydrogen-bond donors (Lipinski definition) is 2. The molecule has 0 spiro atoms. The number of oxazole rings is 1. The van der Waals surface area contributed by atoms with Crippen molar-refractivity contribution in [3.8, 4) is 0 Å².